The zero-order valence-corrected chi connectivity index (χ0v) is 25.0. The summed E-state index contributed by atoms with van der Waals surface area (Å²) in [6, 6.07) is 0. The number of ether oxygens (including phenoxy) is 4. The van der Waals surface area contributed by atoms with E-state index in [9.17, 15) is 29.4 Å². The Balaban J connectivity index is 4.23. The molecule has 0 aromatic carbocycles. The molecule has 0 saturated carbocycles. The van der Waals surface area contributed by atoms with Gasteiger partial charge in [0.05, 0.1) is 51.8 Å². The summed E-state index contributed by atoms with van der Waals surface area (Å²) in [5.41, 5.74) is -1.86. The number of carboxylic acid groups (broad SMARTS) is 2. The number of aliphatic hydroxyl groups is 1. The lowest BCUT2D eigenvalue weighted by atomic mass is 9.97. The molecule has 240 valence electrons. The maximum atomic E-state index is 11.4. The highest BCUT2D eigenvalue weighted by Crippen LogP contribution is 2.20. The molecule has 0 saturated heterocycles. The summed E-state index contributed by atoms with van der Waals surface area (Å²) in [5, 5.41) is 28.8. The summed E-state index contributed by atoms with van der Waals surface area (Å²) >= 11 is 0. The fourth-order valence-corrected chi connectivity index (χ4v) is 4.44. The highest BCUT2D eigenvalue weighted by atomic mass is 16.6. The molecule has 0 heterocycles. The zero-order chi connectivity index (χ0) is 30.6. The lowest BCUT2D eigenvalue weighted by Gasteiger charge is -2.25. The van der Waals surface area contributed by atoms with Gasteiger partial charge in [-0.25, -0.2) is 4.79 Å². The van der Waals surface area contributed by atoms with Crippen molar-refractivity contribution >= 4 is 24.5 Å². The molecule has 0 aliphatic rings. The third kappa shape index (κ3) is 21.4. The van der Waals surface area contributed by atoms with Gasteiger partial charge in [0, 0.05) is 19.3 Å². The Kier molecular flexibility index (Phi) is 25.7. The van der Waals surface area contributed by atoms with Gasteiger partial charge in [-0.05, 0) is 19.3 Å². The van der Waals surface area contributed by atoms with Crippen molar-refractivity contribution in [3.8, 4) is 0 Å². The summed E-state index contributed by atoms with van der Waals surface area (Å²) in [4.78, 5) is 43.6. The molecule has 11 nitrogen and oxygen atoms in total. The average molecular weight is 591 g/mol. The molecule has 0 bridgehead atoms. The van der Waals surface area contributed by atoms with E-state index < -0.39 is 36.5 Å². The van der Waals surface area contributed by atoms with E-state index in [4.69, 9.17) is 24.1 Å². The predicted octanol–water partition coefficient (Wildman–Crippen LogP) is 4.35. The second-order valence-corrected chi connectivity index (χ2v) is 10.3. The van der Waals surface area contributed by atoms with E-state index in [0.29, 0.717) is 45.2 Å². The molecule has 0 spiro atoms. The predicted molar refractivity (Wildman–Crippen MR) is 153 cm³/mol. The summed E-state index contributed by atoms with van der Waals surface area (Å²) in [6.45, 7) is 3.41. The van der Waals surface area contributed by atoms with Crippen LogP contribution in [-0.4, -0.2) is 97.3 Å². The smallest absolute Gasteiger partial charge is 0.336 e. The van der Waals surface area contributed by atoms with Gasteiger partial charge in [0.1, 0.15) is 12.6 Å². The van der Waals surface area contributed by atoms with E-state index >= 15 is 0 Å². The molecule has 0 aromatic rings. The van der Waals surface area contributed by atoms with Crippen molar-refractivity contribution in [2.75, 3.05) is 39.6 Å². The SMILES string of the molecule is CCCCCCCCC(OCCOCCOCCOC(CC=O)(CC=O)C(=O)O)C(O)CCCCCCCC(=O)O. The third-order valence-electron chi connectivity index (χ3n) is 6.92. The molecule has 11 heteroatoms. The number of carboxylic acids is 2. The van der Waals surface area contributed by atoms with Gasteiger partial charge in [-0.3, -0.25) is 4.79 Å². The van der Waals surface area contributed by atoms with Crippen LogP contribution < -0.4 is 0 Å². The van der Waals surface area contributed by atoms with Gasteiger partial charge >= 0.3 is 11.9 Å². The standard InChI is InChI=1S/C30H54O11/c1-2-3-4-5-8-11-14-27(26(33)13-10-7-6-9-12-15-28(34)35)40-24-22-38-20-21-39-23-25-41-30(16-18-31,17-19-32)29(36)37/h18-19,26-27,33H,2-17,20-25H2,1H3,(H,34,35)(H,36,37). The minimum atomic E-state index is -1.86. The van der Waals surface area contributed by atoms with E-state index in [1.807, 2.05) is 0 Å². The first-order valence-electron chi connectivity index (χ1n) is 15.2. The van der Waals surface area contributed by atoms with E-state index in [1.54, 1.807) is 0 Å². The van der Waals surface area contributed by atoms with Crippen LogP contribution in [0.1, 0.15) is 110 Å². The summed E-state index contributed by atoms with van der Waals surface area (Å²) in [5.74, 6) is -2.13. The maximum absolute atomic E-state index is 11.4. The molecular weight excluding hydrogens is 536 g/mol. The molecule has 0 radical (unpaired) electrons. The fourth-order valence-electron chi connectivity index (χ4n) is 4.44. The molecule has 0 amide bonds. The zero-order valence-electron chi connectivity index (χ0n) is 25.0. The van der Waals surface area contributed by atoms with Crippen LogP contribution in [0.3, 0.4) is 0 Å². The second-order valence-electron chi connectivity index (χ2n) is 10.3. The van der Waals surface area contributed by atoms with Crippen LogP contribution in [0.2, 0.25) is 0 Å². The summed E-state index contributed by atoms with van der Waals surface area (Å²) in [7, 11) is 0. The number of rotatable bonds is 32. The highest BCUT2D eigenvalue weighted by Gasteiger charge is 2.39. The molecule has 0 aromatic heterocycles. The Bertz CT molecular complexity index is 661. The van der Waals surface area contributed by atoms with Gasteiger partial charge in [-0.1, -0.05) is 71.1 Å². The van der Waals surface area contributed by atoms with Gasteiger partial charge in [0.25, 0.3) is 0 Å². The number of hydrogen-bond donors (Lipinski definition) is 3. The number of carbonyl (C=O) groups excluding carboxylic acids is 2. The monoisotopic (exact) mass is 590 g/mol. The first kappa shape index (κ1) is 39.1. The number of unbranched alkanes of at least 4 members (excludes halogenated alkanes) is 9. The quantitative estimate of drug-likeness (QED) is 0.0753. The molecule has 0 rings (SSSR count). The van der Waals surface area contributed by atoms with Crippen LogP contribution in [0.25, 0.3) is 0 Å². The molecule has 2 atom stereocenters. The summed E-state index contributed by atoms with van der Waals surface area (Å²) in [6.07, 6.45) is 12.2. The first-order chi connectivity index (χ1) is 19.8. The number of carbonyl (C=O) groups is 4. The number of aliphatic hydroxyl groups excluding tert-OH is 1. The topological polar surface area (TPSA) is 166 Å². The van der Waals surface area contributed by atoms with Gasteiger partial charge < -0.3 is 43.9 Å². The van der Waals surface area contributed by atoms with Gasteiger partial charge in [0.15, 0.2) is 5.60 Å². The molecule has 0 aliphatic carbocycles. The van der Waals surface area contributed by atoms with Gasteiger partial charge in [-0.15, -0.1) is 0 Å². The van der Waals surface area contributed by atoms with Crippen molar-refractivity contribution in [1.82, 2.24) is 0 Å². The van der Waals surface area contributed by atoms with Crippen molar-refractivity contribution in [1.29, 1.82) is 0 Å². The molecular formula is C30H54O11. The van der Waals surface area contributed by atoms with Crippen molar-refractivity contribution in [3.05, 3.63) is 0 Å². The lowest BCUT2D eigenvalue weighted by molar-refractivity contribution is -0.171. The van der Waals surface area contributed by atoms with Crippen LogP contribution in [0, 0.1) is 0 Å². The lowest BCUT2D eigenvalue weighted by Crippen LogP contribution is -2.43. The molecule has 2 unspecified atom stereocenters. The largest absolute Gasteiger partial charge is 0.481 e. The van der Waals surface area contributed by atoms with E-state index in [2.05, 4.69) is 6.92 Å². The minimum absolute atomic E-state index is 0.0820. The molecule has 3 N–H and O–H groups in total. The fraction of sp³-hybridized carbons (Fsp3) is 0.867. The Hall–Kier alpha value is -1.92. The Morgan fingerprint density at radius 2 is 1.22 bits per heavy atom. The van der Waals surface area contributed by atoms with Crippen LogP contribution in [0.4, 0.5) is 0 Å². The van der Waals surface area contributed by atoms with Gasteiger partial charge in [-0.2, -0.15) is 0 Å². The average Bonchev–Trinajstić information content (AvgIpc) is 2.93. The third-order valence-corrected chi connectivity index (χ3v) is 6.92. The Morgan fingerprint density at radius 3 is 1.78 bits per heavy atom. The normalized spacial score (nSPS) is 13.1. The van der Waals surface area contributed by atoms with E-state index in [1.165, 1.54) is 25.7 Å². The van der Waals surface area contributed by atoms with Crippen LogP contribution in [-0.2, 0) is 38.1 Å². The van der Waals surface area contributed by atoms with Crippen LogP contribution >= 0.6 is 0 Å². The first-order valence-corrected chi connectivity index (χ1v) is 15.2. The Labute approximate surface area is 245 Å². The van der Waals surface area contributed by atoms with Crippen molar-refractivity contribution in [3.63, 3.8) is 0 Å². The molecule has 0 fully saturated rings. The molecule has 0 aliphatic heterocycles. The number of aliphatic carboxylic acids is 2. The summed E-state index contributed by atoms with van der Waals surface area (Å²) < 4.78 is 22.2. The second kappa shape index (κ2) is 26.9. The van der Waals surface area contributed by atoms with E-state index in [-0.39, 0.29) is 32.3 Å². The number of hydrogen-bond acceptors (Lipinski definition) is 9. The maximum Gasteiger partial charge on any atom is 0.336 e. The van der Waals surface area contributed by atoms with Crippen molar-refractivity contribution in [2.24, 2.45) is 0 Å². The van der Waals surface area contributed by atoms with Crippen LogP contribution in [0.5, 0.6) is 0 Å². The van der Waals surface area contributed by atoms with Crippen molar-refractivity contribution < 1.29 is 53.4 Å². The van der Waals surface area contributed by atoms with Crippen molar-refractivity contribution in [2.45, 2.75) is 127 Å². The number of aldehydes is 2. The minimum Gasteiger partial charge on any atom is -0.481 e. The van der Waals surface area contributed by atoms with Crippen LogP contribution in [0.15, 0.2) is 0 Å². The highest BCUT2D eigenvalue weighted by molar-refractivity contribution is 5.83. The van der Waals surface area contributed by atoms with E-state index in [0.717, 1.165) is 44.9 Å². The van der Waals surface area contributed by atoms with Gasteiger partial charge in [0.2, 0.25) is 0 Å². The Morgan fingerprint density at radius 1 is 0.707 bits per heavy atom. The molecule has 41 heavy (non-hydrogen) atoms.